The molecule has 2 rings (SSSR count). The van der Waals surface area contributed by atoms with Gasteiger partial charge in [0.2, 0.25) is 5.60 Å². The maximum atomic E-state index is 13.3. The first-order valence-corrected chi connectivity index (χ1v) is 10.9. The van der Waals surface area contributed by atoms with Gasteiger partial charge in [0.15, 0.2) is 0 Å². The number of hydrogen-bond donors (Lipinski definition) is 1. The third-order valence-corrected chi connectivity index (χ3v) is 6.25. The normalized spacial score (nSPS) is 15.5. The number of methoxy groups -OCH3 is 1. The summed E-state index contributed by atoms with van der Waals surface area (Å²) in [5, 5.41) is 11.1. The minimum absolute atomic E-state index is 0.0979. The van der Waals surface area contributed by atoms with Crippen LogP contribution in [0, 0.1) is 10.1 Å². The third kappa shape index (κ3) is 5.36. The summed E-state index contributed by atoms with van der Waals surface area (Å²) in [7, 11) is -0.339. The molecule has 0 fully saturated rings. The Bertz CT molecular complexity index is 927. The lowest BCUT2D eigenvalue weighted by atomic mass is 9.82. The molecule has 0 aliphatic heterocycles. The predicted octanol–water partition coefficient (Wildman–Crippen LogP) is 3.79. The standard InChI is InChI=1S/C22H28N2O6S/c1-6-30-22(20(25)29-5,17-10-8-7-9-11-17)19(23-31(28)21(2,3)4)16-12-14-18(15-13-16)24(26)27/h7-15,19,23H,6H2,1-5H3/t19-,22-,31?/m1/s1. The smallest absolute Gasteiger partial charge is 0.344 e. The van der Waals surface area contributed by atoms with Crippen molar-refractivity contribution in [3.05, 3.63) is 75.8 Å². The number of benzene rings is 2. The maximum Gasteiger partial charge on any atom is 0.344 e. The van der Waals surface area contributed by atoms with Crippen molar-refractivity contribution in [3.63, 3.8) is 0 Å². The van der Waals surface area contributed by atoms with Gasteiger partial charge < -0.3 is 9.47 Å². The third-order valence-electron chi connectivity index (χ3n) is 4.69. The van der Waals surface area contributed by atoms with Gasteiger partial charge in [-0.25, -0.2) is 13.7 Å². The summed E-state index contributed by atoms with van der Waals surface area (Å²) in [5.74, 6) is -0.678. The van der Waals surface area contributed by atoms with Crippen LogP contribution in [-0.4, -0.2) is 33.6 Å². The number of nitro groups is 1. The summed E-state index contributed by atoms with van der Waals surface area (Å²) in [6, 6.07) is 13.6. The molecule has 0 spiro atoms. The van der Waals surface area contributed by atoms with Crippen LogP contribution in [0.1, 0.15) is 44.9 Å². The molecule has 1 N–H and O–H groups in total. The molecule has 0 aliphatic carbocycles. The van der Waals surface area contributed by atoms with Crippen LogP contribution in [0.5, 0.6) is 0 Å². The van der Waals surface area contributed by atoms with E-state index in [0.29, 0.717) is 11.1 Å². The van der Waals surface area contributed by atoms with Gasteiger partial charge in [-0.15, -0.1) is 0 Å². The van der Waals surface area contributed by atoms with Crippen LogP contribution in [0.25, 0.3) is 0 Å². The fourth-order valence-electron chi connectivity index (χ4n) is 3.15. The lowest BCUT2D eigenvalue weighted by Gasteiger charge is -2.39. The van der Waals surface area contributed by atoms with Gasteiger partial charge in [-0.3, -0.25) is 10.1 Å². The predicted molar refractivity (Wildman–Crippen MR) is 119 cm³/mol. The van der Waals surface area contributed by atoms with E-state index >= 15 is 0 Å². The molecule has 0 heterocycles. The Hall–Kier alpha value is -2.62. The SMILES string of the molecule is CCO[C@](C(=O)OC)(c1ccccc1)[C@H](NS(=O)C(C)(C)C)c1ccc([N+](=O)[O-])cc1. The van der Waals surface area contributed by atoms with Gasteiger partial charge in [-0.05, 0) is 38.8 Å². The quantitative estimate of drug-likeness (QED) is 0.355. The number of carbonyl (C=O) groups excluding carboxylic acids is 1. The molecule has 168 valence electrons. The zero-order chi connectivity index (χ0) is 23.2. The topological polar surface area (TPSA) is 108 Å². The summed E-state index contributed by atoms with van der Waals surface area (Å²) in [6.07, 6.45) is 0. The second-order valence-corrected chi connectivity index (χ2v) is 9.80. The van der Waals surface area contributed by atoms with Crippen molar-refractivity contribution in [2.45, 2.75) is 44.1 Å². The molecule has 0 saturated heterocycles. The average Bonchev–Trinajstić information content (AvgIpc) is 2.75. The molecular formula is C22H28N2O6S. The number of nitrogens with zero attached hydrogens (tertiary/aromatic N) is 1. The van der Waals surface area contributed by atoms with Gasteiger partial charge in [0.05, 0.1) is 33.8 Å². The Kier molecular flexibility index (Phi) is 8.05. The minimum atomic E-state index is -1.68. The number of non-ortho nitro benzene ring substituents is 1. The lowest BCUT2D eigenvalue weighted by molar-refractivity contribution is -0.384. The molecule has 2 aromatic carbocycles. The van der Waals surface area contributed by atoms with Crippen molar-refractivity contribution in [3.8, 4) is 0 Å². The van der Waals surface area contributed by atoms with Gasteiger partial charge in [0.25, 0.3) is 5.69 Å². The van der Waals surface area contributed by atoms with Crippen LogP contribution >= 0.6 is 0 Å². The molecule has 31 heavy (non-hydrogen) atoms. The molecule has 0 aromatic heterocycles. The summed E-state index contributed by atoms with van der Waals surface area (Å²) in [4.78, 5) is 23.9. The van der Waals surface area contributed by atoms with E-state index in [1.54, 1.807) is 58.0 Å². The van der Waals surface area contributed by atoms with Crippen molar-refractivity contribution in [1.82, 2.24) is 4.72 Å². The molecule has 2 aromatic rings. The van der Waals surface area contributed by atoms with Crippen LogP contribution in [0.2, 0.25) is 0 Å². The monoisotopic (exact) mass is 448 g/mol. The zero-order valence-corrected chi connectivity index (χ0v) is 19.1. The number of rotatable bonds is 9. The Morgan fingerprint density at radius 1 is 1.13 bits per heavy atom. The van der Waals surface area contributed by atoms with Crippen LogP contribution in [0.3, 0.4) is 0 Å². The van der Waals surface area contributed by atoms with E-state index in [-0.39, 0.29) is 12.3 Å². The summed E-state index contributed by atoms with van der Waals surface area (Å²) in [6.45, 7) is 7.30. The molecule has 0 bridgehead atoms. The van der Waals surface area contributed by atoms with Gasteiger partial charge in [-0.1, -0.05) is 42.5 Å². The largest absolute Gasteiger partial charge is 0.467 e. The number of nitro benzene ring substituents is 1. The zero-order valence-electron chi connectivity index (χ0n) is 18.3. The first-order valence-electron chi connectivity index (χ1n) is 9.78. The van der Waals surface area contributed by atoms with E-state index in [0.717, 1.165) is 0 Å². The van der Waals surface area contributed by atoms with Crippen molar-refractivity contribution < 1.29 is 23.4 Å². The highest BCUT2D eigenvalue weighted by Gasteiger charge is 2.51. The molecule has 0 radical (unpaired) electrons. The van der Waals surface area contributed by atoms with Crippen LogP contribution in [0.4, 0.5) is 5.69 Å². The molecule has 0 saturated carbocycles. The molecular weight excluding hydrogens is 420 g/mol. The average molecular weight is 449 g/mol. The molecule has 9 heteroatoms. The highest BCUT2D eigenvalue weighted by atomic mass is 32.2. The number of nitrogens with one attached hydrogen (secondary N) is 1. The van der Waals surface area contributed by atoms with Gasteiger partial charge in [0, 0.05) is 18.7 Å². The second-order valence-electron chi connectivity index (χ2n) is 7.81. The summed E-state index contributed by atoms with van der Waals surface area (Å²) < 4.78 is 26.7. The van der Waals surface area contributed by atoms with Crippen molar-refractivity contribution in [2.75, 3.05) is 13.7 Å². The first kappa shape index (κ1) is 24.6. The van der Waals surface area contributed by atoms with E-state index in [9.17, 15) is 19.1 Å². The molecule has 8 nitrogen and oxygen atoms in total. The minimum Gasteiger partial charge on any atom is -0.467 e. The number of ether oxygens (including phenoxy) is 2. The van der Waals surface area contributed by atoms with Crippen LogP contribution in [0.15, 0.2) is 54.6 Å². The van der Waals surface area contributed by atoms with E-state index in [2.05, 4.69) is 4.72 Å². The fourth-order valence-corrected chi connectivity index (χ4v) is 4.02. The fraction of sp³-hybridized carbons (Fsp3) is 0.409. The van der Waals surface area contributed by atoms with Gasteiger partial charge in [0.1, 0.15) is 0 Å². The maximum absolute atomic E-state index is 13.3. The van der Waals surface area contributed by atoms with Crippen molar-refractivity contribution >= 4 is 22.6 Å². The molecule has 3 atom stereocenters. The number of carbonyl (C=O) groups is 1. The molecule has 0 amide bonds. The Balaban J connectivity index is 2.77. The Morgan fingerprint density at radius 3 is 2.16 bits per heavy atom. The van der Waals surface area contributed by atoms with Crippen molar-refractivity contribution in [1.29, 1.82) is 0 Å². The van der Waals surface area contributed by atoms with Gasteiger partial charge >= 0.3 is 5.97 Å². The van der Waals surface area contributed by atoms with Gasteiger partial charge in [-0.2, -0.15) is 0 Å². The molecule has 0 aliphatic rings. The highest BCUT2D eigenvalue weighted by molar-refractivity contribution is 7.84. The second kappa shape index (κ2) is 10.1. The van der Waals surface area contributed by atoms with E-state index in [1.807, 2.05) is 0 Å². The number of esters is 1. The Labute approximate surface area is 184 Å². The summed E-state index contributed by atoms with van der Waals surface area (Å²) in [5.41, 5.74) is -0.780. The Morgan fingerprint density at radius 2 is 1.71 bits per heavy atom. The molecule has 1 unspecified atom stereocenters. The van der Waals surface area contributed by atoms with E-state index < -0.39 is 38.3 Å². The van der Waals surface area contributed by atoms with Crippen LogP contribution < -0.4 is 4.72 Å². The van der Waals surface area contributed by atoms with E-state index in [1.165, 1.54) is 31.4 Å². The summed E-state index contributed by atoms with van der Waals surface area (Å²) >= 11 is 0. The first-order chi connectivity index (χ1) is 14.6. The number of hydrogen-bond acceptors (Lipinski definition) is 6. The van der Waals surface area contributed by atoms with Crippen LogP contribution in [-0.2, 0) is 30.9 Å². The van der Waals surface area contributed by atoms with Crippen molar-refractivity contribution in [2.24, 2.45) is 0 Å². The highest BCUT2D eigenvalue weighted by Crippen LogP contribution is 2.41. The lowest BCUT2D eigenvalue weighted by Crippen LogP contribution is -2.52. The van der Waals surface area contributed by atoms with E-state index in [4.69, 9.17) is 9.47 Å².